The molecule has 1 aromatic carbocycles. The molecule has 3 heteroatoms. The molecule has 1 aliphatic heterocycles. The maximum atomic E-state index is 3.61. The molecule has 0 aromatic heterocycles. The number of nitrogens with one attached hydrogen (secondary N) is 1. The second-order valence-electron chi connectivity index (χ2n) is 5.96. The van der Waals surface area contributed by atoms with E-state index >= 15 is 0 Å². The Morgan fingerprint density at radius 2 is 2.21 bits per heavy atom. The zero-order valence-corrected chi connectivity index (χ0v) is 13.8. The number of hydrogen-bond acceptors (Lipinski definition) is 2. The van der Waals surface area contributed by atoms with Crippen LogP contribution in [0.15, 0.2) is 22.7 Å². The quantitative estimate of drug-likeness (QED) is 0.890. The SMILES string of the molecule is Cc1cc(CNCC2CCN(C(C)C)C2)ccc1Br. The molecule has 1 atom stereocenters. The first-order chi connectivity index (χ1) is 9.06. The van der Waals surface area contributed by atoms with Crippen molar-refractivity contribution < 1.29 is 0 Å². The topological polar surface area (TPSA) is 15.3 Å². The maximum Gasteiger partial charge on any atom is 0.0205 e. The summed E-state index contributed by atoms with van der Waals surface area (Å²) in [5, 5.41) is 3.61. The summed E-state index contributed by atoms with van der Waals surface area (Å²) in [5.74, 6) is 0.818. The molecule has 1 aliphatic rings. The van der Waals surface area contributed by atoms with E-state index in [2.05, 4.69) is 65.1 Å². The van der Waals surface area contributed by atoms with Gasteiger partial charge in [-0.1, -0.05) is 28.1 Å². The van der Waals surface area contributed by atoms with Crippen molar-refractivity contribution in [3.63, 3.8) is 0 Å². The minimum atomic E-state index is 0.694. The highest BCUT2D eigenvalue weighted by Crippen LogP contribution is 2.19. The lowest BCUT2D eigenvalue weighted by Gasteiger charge is -2.20. The van der Waals surface area contributed by atoms with Crippen LogP contribution in [0.25, 0.3) is 0 Å². The third-order valence-electron chi connectivity index (χ3n) is 4.03. The van der Waals surface area contributed by atoms with Crippen molar-refractivity contribution in [3.8, 4) is 0 Å². The molecule has 2 nitrogen and oxygen atoms in total. The van der Waals surface area contributed by atoms with Crippen molar-refractivity contribution in [1.82, 2.24) is 10.2 Å². The van der Waals surface area contributed by atoms with Crippen LogP contribution in [0.3, 0.4) is 0 Å². The zero-order valence-electron chi connectivity index (χ0n) is 12.2. The van der Waals surface area contributed by atoms with Crippen molar-refractivity contribution in [3.05, 3.63) is 33.8 Å². The number of nitrogens with zero attached hydrogens (tertiary/aromatic N) is 1. The molecule has 1 unspecified atom stereocenters. The molecular weight excluding hydrogens is 300 g/mol. The number of likely N-dealkylation sites (tertiary alicyclic amines) is 1. The summed E-state index contributed by atoms with van der Waals surface area (Å²) < 4.78 is 1.19. The molecule has 106 valence electrons. The first-order valence-electron chi connectivity index (χ1n) is 7.26. The van der Waals surface area contributed by atoms with E-state index in [0.29, 0.717) is 6.04 Å². The first-order valence-corrected chi connectivity index (χ1v) is 8.05. The molecule has 0 amide bonds. The molecule has 0 saturated carbocycles. The van der Waals surface area contributed by atoms with Crippen LogP contribution in [0.1, 0.15) is 31.4 Å². The van der Waals surface area contributed by atoms with Gasteiger partial charge in [0.1, 0.15) is 0 Å². The van der Waals surface area contributed by atoms with Crippen molar-refractivity contribution >= 4 is 15.9 Å². The van der Waals surface area contributed by atoms with E-state index in [1.54, 1.807) is 0 Å². The van der Waals surface area contributed by atoms with Gasteiger partial charge >= 0.3 is 0 Å². The first kappa shape index (κ1) is 15.0. The smallest absolute Gasteiger partial charge is 0.0205 e. The summed E-state index contributed by atoms with van der Waals surface area (Å²) in [6.45, 7) is 11.4. The fourth-order valence-corrected chi connectivity index (χ4v) is 2.98. The number of halogens is 1. The van der Waals surface area contributed by atoms with E-state index in [1.807, 2.05) is 0 Å². The van der Waals surface area contributed by atoms with Gasteiger partial charge in [-0.05, 0) is 63.4 Å². The van der Waals surface area contributed by atoms with Crippen molar-refractivity contribution in [2.24, 2.45) is 5.92 Å². The van der Waals surface area contributed by atoms with Crippen LogP contribution in [0, 0.1) is 12.8 Å². The van der Waals surface area contributed by atoms with Gasteiger partial charge in [0.25, 0.3) is 0 Å². The molecule has 0 aliphatic carbocycles. The Morgan fingerprint density at radius 3 is 2.84 bits per heavy atom. The highest BCUT2D eigenvalue weighted by molar-refractivity contribution is 9.10. The number of rotatable bonds is 5. The van der Waals surface area contributed by atoms with Gasteiger partial charge in [-0.2, -0.15) is 0 Å². The second-order valence-corrected chi connectivity index (χ2v) is 6.81. The molecule has 0 bridgehead atoms. The van der Waals surface area contributed by atoms with Crippen molar-refractivity contribution in [2.45, 2.75) is 39.8 Å². The average Bonchev–Trinajstić information content (AvgIpc) is 2.83. The molecule has 1 aromatic rings. The maximum absolute atomic E-state index is 3.61. The lowest BCUT2D eigenvalue weighted by molar-refractivity contribution is 0.264. The highest BCUT2D eigenvalue weighted by atomic mass is 79.9. The summed E-state index contributed by atoms with van der Waals surface area (Å²) in [6.07, 6.45) is 1.34. The summed E-state index contributed by atoms with van der Waals surface area (Å²) in [7, 11) is 0. The zero-order chi connectivity index (χ0) is 13.8. The Morgan fingerprint density at radius 1 is 1.42 bits per heavy atom. The van der Waals surface area contributed by atoms with Crippen LogP contribution < -0.4 is 5.32 Å². The Hall–Kier alpha value is -0.380. The standard InChI is InChI=1S/C16H25BrN2/c1-12(2)19-7-6-15(11-19)10-18-9-14-4-5-16(17)13(3)8-14/h4-5,8,12,15,18H,6-7,9-11H2,1-3H3. The molecule has 2 rings (SSSR count). The molecule has 1 fully saturated rings. The molecule has 1 N–H and O–H groups in total. The summed E-state index contributed by atoms with van der Waals surface area (Å²) in [5.41, 5.74) is 2.69. The normalized spacial score (nSPS) is 20.4. The second kappa shape index (κ2) is 6.87. The minimum Gasteiger partial charge on any atom is -0.312 e. The van der Waals surface area contributed by atoms with Crippen LogP contribution >= 0.6 is 15.9 Å². The van der Waals surface area contributed by atoms with Gasteiger partial charge in [-0.15, -0.1) is 0 Å². The number of hydrogen-bond donors (Lipinski definition) is 1. The number of aryl methyl sites for hydroxylation is 1. The van der Waals surface area contributed by atoms with Gasteiger partial charge in [0.15, 0.2) is 0 Å². The van der Waals surface area contributed by atoms with Gasteiger partial charge in [-0.3, -0.25) is 0 Å². The van der Waals surface area contributed by atoms with Gasteiger partial charge in [0, 0.05) is 23.6 Å². The van der Waals surface area contributed by atoms with Gasteiger partial charge in [0.05, 0.1) is 0 Å². The minimum absolute atomic E-state index is 0.694. The van der Waals surface area contributed by atoms with Crippen molar-refractivity contribution in [1.29, 1.82) is 0 Å². The average molecular weight is 325 g/mol. The third-order valence-corrected chi connectivity index (χ3v) is 4.92. The van der Waals surface area contributed by atoms with E-state index in [0.717, 1.165) is 19.0 Å². The molecule has 19 heavy (non-hydrogen) atoms. The van der Waals surface area contributed by atoms with Gasteiger partial charge in [0.2, 0.25) is 0 Å². The Kier molecular flexibility index (Phi) is 5.43. The predicted molar refractivity (Wildman–Crippen MR) is 85.4 cm³/mol. The molecule has 0 spiro atoms. The highest BCUT2D eigenvalue weighted by Gasteiger charge is 2.23. The summed E-state index contributed by atoms with van der Waals surface area (Å²) in [6, 6.07) is 7.28. The molecule has 1 heterocycles. The number of benzene rings is 1. The summed E-state index contributed by atoms with van der Waals surface area (Å²) in [4.78, 5) is 2.58. The fourth-order valence-electron chi connectivity index (χ4n) is 2.74. The van der Waals surface area contributed by atoms with Crippen LogP contribution in [0.2, 0.25) is 0 Å². The Bertz CT molecular complexity index is 417. The monoisotopic (exact) mass is 324 g/mol. The molecule has 0 radical (unpaired) electrons. The third kappa shape index (κ3) is 4.30. The van der Waals surface area contributed by atoms with E-state index in [-0.39, 0.29) is 0 Å². The van der Waals surface area contributed by atoms with E-state index < -0.39 is 0 Å². The van der Waals surface area contributed by atoms with E-state index in [4.69, 9.17) is 0 Å². The van der Waals surface area contributed by atoms with E-state index in [1.165, 1.54) is 35.1 Å². The van der Waals surface area contributed by atoms with Crippen molar-refractivity contribution in [2.75, 3.05) is 19.6 Å². The molecular formula is C16H25BrN2. The largest absolute Gasteiger partial charge is 0.312 e. The fraction of sp³-hybridized carbons (Fsp3) is 0.625. The van der Waals surface area contributed by atoms with Crippen LogP contribution in [-0.2, 0) is 6.54 Å². The van der Waals surface area contributed by atoms with Crippen LogP contribution in [0.4, 0.5) is 0 Å². The predicted octanol–water partition coefficient (Wildman–Crippen LogP) is 3.58. The van der Waals surface area contributed by atoms with Gasteiger partial charge < -0.3 is 10.2 Å². The lowest BCUT2D eigenvalue weighted by atomic mass is 10.1. The van der Waals surface area contributed by atoms with E-state index in [9.17, 15) is 0 Å². The Labute approximate surface area is 125 Å². The lowest BCUT2D eigenvalue weighted by Crippen LogP contribution is -2.30. The van der Waals surface area contributed by atoms with Crippen LogP contribution in [-0.4, -0.2) is 30.6 Å². The molecule has 1 saturated heterocycles. The van der Waals surface area contributed by atoms with Gasteiger partial charge in [-0.25, -0.2) is 0 Å². The summed E-state index contributed by atoms with van der Waals surface area (Å²) >= 11 is 3.55. The Balaban J connectivity index is 1.73. The van der Waals surface area contributed by atoms with Crippen LogP contribution in [0.5, 0.6) is 0 Å².